The van der Waals surface area contributed by atoms with E-state index in [-0.39, 0.29) is 22.2 Å². The second-order valence-corrected chi connectivity index (χ2v) is 9.59. The molecule has 1 unspecified atom stereocenters. The molecule has 3 rings (SSSR count). The van der Waals surface area contributed by atoms with Gasteiger partial charge in [-0.25, -0.2) is 12.8 Å². The maximum absolute atomic E-state index is 13.1. The number of aliphatic hydroxyl groups excluding tert-OH is 1. The summed E-state index contributed by atoms with van der Waals surface area (Å²) < 4.78 is 37.9. The highest BCUT2D eigenvalue weighted by atomic mass is 32.2. The van der Waals surface area contributed by atoms with Crippen LogP contribution >= 0.6 is 0 Å². The summed E-state index contributed by atoms with van der Waals surface area (Å²) >= 11 is 0. The first kappa shape index (κ1) is 22.9. The summed E-state index contributed by atoms with van der Waals surface area (Å²) in [4.78, 5) is 17.5. The maximum Gasteiger partial charge on any atom is 0.280 e. The molecule has 0 saturated carbocycles. The second-order valence-electron chi connectivity index (χ2n) is 7.60. The molecule has 0 bridgehead atoms. The zero-order valence-electron chi connectivity index (χ0n) is 17.0. The number of benzene rings is 2. The van der Waals surface area contributed by atoms with Crippen LogP contribution in [-0.4, -0.2) is 49.6 Å². The molecule has 0 aliphatic carbocycles. The third-order valence-corrected chi connectivity index (χ3v) is 6.53. The number of nitrogens with two attached hydrogens (primary N) is 2. The number of sulfone groups is 1. The smallest absolute Gasteiger partial charge is 0.280 e. The first-order valence-corrected chi connectivity index (χ1v) is 11.6. The Labute approximate surface area is 180 Å². The van der Waals surface area contributed by atoms with Crippen LogP contribution in [0.3, 0.4) is 0 Å². The zero-order chi connectivity index (χ0) is 22.8. The molecule has 8 nitrogen and oxygen atoms in total. The number of guanidine groups is 1. The quantitative estimate of drug-likeness (QED) is 0.465. The molecule has 1 heterocycles. The molecule has 1 fully saturated rings. The second kappa shape index (κ2) is 9.13. The van der Waals surface area contributed by atoms with Crippen molar-refractivity contribution >= 4 is 21.7 Å². The van der Waals surface area contributed by atoms with Crippen LogP contribution in [0.2, 0.25) is 0 Å². The van der Waals surface area contributed by atoms with Crippen LogP contribution < -0.4 is 11.5 Å². The van der Waals surface area contributed by atoms with Gasteiger partial charge < -0.3 is 16.6 Å². The van der Waals surface area contributed by atoms with Gasteiger partial charge in [0.25, 0.3) is 5.91 Å². The van der Waals surface area contributed by atoms with Crippen LogP contribution in [0.25, 0.3) is 0 Å². The zero-order valence-corrected chi connectivity index (χ0v) is 17.8. The molecule has 2 aromatic carbocycles. The highest BCUT2D eigenvalue weighted by Gasteiger charge is 2.29. The van der Waals surface area contributed by atoms with Crippen LogP contribution in [0.5, 0.6) is 0 Å². The van der Waals surface area contributed by atoms with Crippen molar-refractivity contribution in [2.45, 2.75) is 29.9 Å². The van der Waals surface area contributed by atoms with Gasteiger partial charge >= 0.3 is 0 Å². The van der Waals surface area contributed by atoms with E-state index in [2.05, 4.69) is 4.99 Å². The fraction of sp³-hybridized carbons (Fsp3) is 0.333. The van der Waals surface area contributed by atoms with E-state index in [1.165, 1.54) is 24.3 Å². The van der Waals surface area contributed by atoms with Gasteiger partial charge in [0.1, 0.15) is 12.0 Å². The molecular formula is C21H25FN4O4S. The SMILES string of the molecule is CS(=O)(=O)c1cc(C(=O)N=C(N)N)ccc1C1CCN(C(O)c2ccc(F)cc2)CC1. The molecule has 5 N–H and O–H groups in total. The van der Waals surface area contributed by atoms with Crippen molar-refractivity contribution in [1.29, 1.82) is 0 Å². The van der Waals surface area contributed by atoms with E-state index < -0.39 is 27.9 Å². The first-order valence-electron chi connectivity index (χ1n) is 9.72. The predicted molar refractivity (Wildman–Crippen MR) is 115 cm³/mol. The molecule has 166 valence electrons. The van der Waals surface area contributed by atoms with E-state index in [0.717, 1.165) is 6.26 Å². The Hall–Kier alpha value is -2.82. The number of nitrogens with zero attached hydrogens (tertiary/aromatic N) is 2. The van der Waals surface area contributed by atoms with Crippen LogP contribution in [-0.2, 0) is 9.84 Å². The van der Waals surface area contributed by atoms with E-state index in [0.29, 0.717) is 37.1 Å². The summed E-state index contributed by atoms with van der Waals surface area (Å²) in [6.07, 6.45) is 1.45. The Kier molecular flexibility index (Phi) is 6.73. The number of aliphatic hydroxyl groups is 1. The molecule has 1 aliphatic rings. The number of rotatable bonds is 5. The molecule has 2 aromatic rings. The van der Waals surface area contributed by atoms with Crippen LogP contribution in [0.4, 0.5) is 4.39 Å². The van der Waals surface area contributed by atoms with Gasteiger partial charge in [0.05, 0.1) is 4.90 Å². The van der Waals surface area contributed by atoms with Crippen LogP contribution in [0.15, 0.2) is 52.4 Å². The molecule has 0 spiro atoms. The third kappa shape index (κ3) is 5.46. The number of halogens is 1. The fourth-order valence-corrected chi connectivity index (χ4v) is 4.81. The van der Waals surface area contributed by atoms with Crippen molar-refractivity contribution in [3.05, 3.63) is 65.0 Å². The van der Waals surface area contributed by atoms with Gasteiger partial charge in [0, 0.05) is 24.9 Å². The van der Waals surface area contributed by atoms with Crippen LogP contribution in [0.1, 0.15) is 46.5 Å². The lowest BCUT2D eigenvalue weighted by molar-refractivity contribution is -0.0133. The molecule has 1 saturated heterocycles. The molecule has 1 aliphatic heterocycles. The summed E-state index contributed by atoms with van der Waals surface area (Å²) in [6, 6.07) is 10.1. The van der Waals surface area contributed by atoms with Gasteiger partial charge in [-0.05, 0) is 54.2 Å². The van der Waals surface area contributed by atoms with E-state index in [4.69, 9.17) is 11.5 Å². The van der Waals surface area contributed by atoms with Gasteiger partial charge in [0.15, 0.2) is 15.8 Å². The Bertz CT molecular complexity index is 1090. The summed E-state index contributed by atoms with van der Waals surface area (Å²) in [7, 11) is -3.61. The summed E-state index contributed by atoms with van der Waals surface area (Å²) in [5.41, 5.74) is 11.8. The Morgan fingerprint density at radius 2 is 1.77 bits per heavy atom. The lowest BCUT2D eigenvalue weighted by Crippen LogP contribution is -2.36. The lowest BCUT2D eigenvalue weighted by Gasteiger charge is -2.36. The number of hydrogen-bond acceptors (Lipinski definition) is 5. The first-order chi connectivity index (χ1) is 14.6. The number of carbonyl (C=O) groups is 1. The number of piperidine rings is 1. The highest BCUT2D eigenvalue weighted by Crippen LogP contribution is 2.35. The Balaban J connectivity index is 1.80. The number of likely N-dealkylation sites (tertiary alicyclic amines) is 1. The van der Waals surface area contributed by atoms with E-state index in [1.54, 1.807) is 18.2 Å². The van der Waals surface area contributed by atoms with Gasteiger partial charge in [-0.15, -0.1) is 0 Å². The minimum Gasteiger partial charge on any atom is -0.374 e. The summed E-state index contributed by atoms with van der Waals surface area (Å²) in [5.74, 6) is -1.55. The molecule has 1 atom stereocenters. The van der Waals surface area contributed by atoms with Crippen molar-refractivity contribution in [2.24, 2.45) is 16.5 Å². The van der Waals surface area contributed by atoms with Gasteiger partial charge in [-0.1, -0.05) is 18.2 Å². The lowest BCUT2D eigenvalue weighted by atomic mass is 9.88. The average Bonchev–Trinajstić information content (AvgIpc) is 2.72. The summed E-state index contributed by atoms with van der Waals surface area (Å²) in [5, 5.41) is 10.6. The number of carbonyl (C=O) groups excluding carboxylic acids is 1. The van der Waals surface area contributed by atoms with Crippen LogP contribution in [0, 0.1) is 5.82 Å². The Morgan fingerprint density at radius 1 is 1.16 bits per heavy atom. The standard InChI is InChI=1S/C21H25FN4O4S/c1-31(29,30)18-12-15(19(27)25-21(23)24)4-7-17(18)13-8-10-26(11-9-13)20(28)14-2-5-16(22)6-3-14/h2-7,12-13,20,28H,8-11H2,1H3,(H4,23,24,25,27). The molecular weight excluding hydrogens is 423 g/mol. The maximum atomic E-state index is 13.1. The molecule has 0 aromatic heterocycles. The minimum absolute atomic E-state index is 0.0615. The topological polar surface area (TPSA) is 139 Å². The molecule has 31 heavy (non-hydrogen) atoms. The normalized spacial score (nSPS) is 16.6. The third-order valence-electron chi connectivity index (χ3n) is 5.37. The minimum atomic E-state index is -3.61. The van der Waals surface area contributed by atoms with Crippen molar-refractivity contribution in [1.82, 2.24) is 4.90 Å². The Morgan fingerprint density at radius 3 is 2.32 bits per heavy atom. The monoisotopic (exact) mass is 448 g/mol. The number of aliphatic imine (C=N–C) groups is 1. The van der Waals surface area contributed by atoms with E-state index in [1.807, 2.05) is 4.90 Å². The largest absolute Gasteiger partial charge is 0.374 e. The fourth-order valence-electron chi connectivity index (χ4n) is 3.81. The van der Waals surface area contributed by atoms with Crippen molar-refractivity contribution in [2.75, 3.05) is 19.3 Å². The summed E-state index contributed by atoms with van der Waals surface area (Å²) in [6.45, 7) is 1.06. The number of amides is 1. The molecule has 0 radical (unpaired) electrons. The van der Waals surface area contributed by atoms with Gasteiger partial charge in [-0.2, -0.15) is 4.99 Å². The van der Waals surface area contributed by atoms with Gasteiger partial charge in [0.2, 0.25) is 0 Å². The molecule has 10 heteroatoms. The van der Waals surface area contributed by atoms with Crippen molar-refractivity contribution in [3.63, 3.8) is 0 Å². The van der Waals surface area contributed by atoms with Crippen molar-refractivity contribution < 1.29 is 22.7 Å². The van der Waals surface area contributed by atoms with E-state index in [9.17, 15) is 22.7 Å². The highest BCUT2D eigenvalue weighted by molar-refractivity contribution is 7.90. The van der Waals surface area contributed by atoms with E-state index >= 15 is 0 Å². The molecule has 1 amide bonds. The average molecular weight is 449 g/mol. The van der Waals surface area contributed by atoms with Crippen molar-refractivity contribution in [3.8, 4) is 0 Å². The predicted octanol–water partition coefficient (Wildman–Crippen LogP) is 1.51. The van der Waals surface area contributed by atoms with Gasteiger partial charge in [-0.3, -0.25) is 9.69 Å². The number of hydrogen-bond donors (Lipinski definition) is 3.